The number of carbonyl (C=O) groups excluding carboxylic acids is 1. The van der Waals surface area contributed by atoms with Crippen molar-refractivity contribution >= 4 is 28.4 Å². The van der Waals surface area contributed by atoms with Crippen LogP contribution in [0.4, 0.5) is 0 Å². The van der Waals surface area contributed by atoms with Crippen molar-refractivity contribution in [2.45, 2.75) is 12.8 Å². The van der Waals surface area contributed by atoms with Crippen LogP contribution in [0.25, 0.3) is 10.9 Å². The molecule has 3 aromatic rings. The number of fused-ring (bicyclic) bond motifs is 1. The number of hydrogen-bond donors (Lipinski definition) is 1. The van der Waals surface area contributed by atoms with E-state index in [-0.39, 0.29) is 5.91 Å². The van der Waals surface area contributed by atoms with Gasteiger partial charge in [-0.25, -0.2) is 0 Å². The molecule has 5 heteroatoms. The van der Waals surface area contributed by atoms with Gasteiger partial charge in [0, 0.05) is 54.8 Å². The highest BCUT2D eigenvalue weighted by atomic mass is 35.5. The zero-order valence-electron chi connectivity index (χ0n) is 15.3. The second-order valence-electron chi connectivity index (χ2n) is 7.14. The molecule has 1 aromatic heterocycles. The van der Waals surface area contributed by atoms with E-state index in [1.165, 1.54) is 5.56 Å². The van der Waals surface area contributed by atoms with Gasteiger partial charge in [0.1, 0.15) is 0 Å². The third kappa shape index (κ3) is 4.34. The van der Waals surface area contributed by atoms with E-state index in [0.29, 0.717) is 6.42 Å². The molecule has 4 nitrogen and oxygen atoms in total. The smallest absolute Gasteiger partial charge is 0.227 e. The number of H-pyrrole nitrogens is 1. The summed E-state index contributed by atoms with van der Waals surface area (Å²) in [4.78, 5) is 20.4. The fourth-order valence-corrected chi connectivity index (χ4v) is 3.84. The molecule has 140 valence electrons. The van der Waals surface area contributed by atoms with Gasteiger partial charge in [0.05, 0.1) is 6.42 Å². The molecule has 1 aliphatic rings. The molecule has 1 amide bonds. The summed E-state index contributed by atoms with van der Waals surface area (Å²) in [5, 5.41) is 1.92. The lowest BCUT2D eigenvalue weighted by atomic mass is 10.1. The summed E-state index contributed by atoms with van der Waals surface area (Å²) >= 11 is 5.94. The predicted octanol–water partition coefficient (Wildman–Crippen LogP) is 3.75. The third-order valence-electron chi connectivity index (χ3n) is 5.37. The molecule has 0 saturated carbocycles. The summed E-state index contributed by atoms with van der Waals surface area (Å²) in [5.74, 6) is 0.220. The Morgan fingerprint density at radius 3 is 2.52 bits per heavy atom. The number of aromatic amines is 1. The molecule has 0 spiro atoms. The predicted molar refractivity (Wildman–Crippen MR) is 110 cm³/mol. The number of carbonyl (C=O) groups is 1. The molecule has 0 atom stereocenters. The normalized spacial score (nSPS) is 15.4. The van der Waals surface area contributed by atoms with Gasteiger partial charge in [0.2, 0.25) is 5.91 Å². The van der Waals surface area contributed by atoms with Crippen molar-refractivity contribution in [2.24, 2.45) is 0 Å². The van der Waals surface area contributed by atoms with Crippen LogP contribution in [-0.4, -0.2) is 53.4 Å². The maximum absolute atomic E-state index is 12.7. The highest BCUT2D eigenvalue weighted by Crippen LogP contribution is 2.19. The highest BCUT2D eigenvalue weighted by molar-refractivity contribution is 6.30. The number of hydrogen-bond acceptors (Lipinski definition) is 2. The number of benzene rings is 2. The van der Waals surface area contributed by atoms with Crippen molar-refractivity contribution in [3.8, 4) is 0 Å². The number of para-hydroxylation sites is 1. The van der Waals surface area contributed by atoms with Crippen LogP contribution < -0.4 is 0 Å². The number of halogens is 1. The van der Waals surface area contributed by atoms with Gasteiger partial charge in [0.25, 0.3) is 0 Å². The summed E-state index contributed by atoms with van der Waals surface area (Å²) in [5.41, 5.74) is 3.48. The number of amides is 1. The Balaban J connectivity index is 1.27. The van der Waals surface area contributed by atoms with Crippen molar-refractivity contribution in [3.63, 3.8) is 0 Å². The molecule has 1 N–H and O–H groups in total. The van der Waals surface area contributed by atoms with E-state index in [1.54, 1.807) is 0 Å². The number of aromatic nitrogens is 1. The Hall–Kier alpha value is -2.30. The van der Waals surface area contributed by atoms with Gasteiger partial charge >= 0.3 is 0 Å². The van der Waals surface area contributed by atoms with Crippen molar-refractivity contribution < 1.29 is 4.79 Å². The minimum absolute atomic E-state index is 0.220. The number of piperazine rings is 1. The summed E-state index contributed by atoms with van der Waals surface area (Å²) in [6.07, 6.45) is 3.44. The standard InChI is InChI=1S/C22H24ClN3O/c23-19-7-5-17(6-8-19)9-10-25-11-13-26(14-12-25)22(27)15-18-16-24-21-4-2-1-3-20(18)21/h1-8,16,24H,9-15H2. The van der Waals surface area contributed by atoms with E-state index in [4.69, 9.17) is 11.6 Å². The zero-order valence-corrected chi connectivity index (χ0v) is 16.1. The molecule has 0 aliphatic carbocycles. The molecule has 2 aromatic carbocycles. The van der Waals surface area contributed by atoms with Crippen molar-refractivity contribution in [2.75, 3.05) is 32.7 Å². The second-order valence-corrected chi connectivity index (χ2v) is 7.57. The SMILES string of the molecule is O=C(Cc1c[nH]c2ccccc12)N1CCN(CCc2ccc(Cl)cc2)CC1. The maximum Gasteiger partial charge on any atom is 0.227 e. The van der Waals surface area contributed by atoms with E-state index in [9.17, 15) is 4.79 Å². The van der Waals surface area contributed by atoms with Gasteiger partial charge in [-0.1, -0.05) is 41.9 Å². The van der Waals surface area contributed by atoms with E-state index in [0.717, 1.165) is 60.6 Å². The second kappa shape index (κ2) is 8.15. The molecule has 1 aliphatic heterocycles. The van der Waals surface area contributed by atoms with Crippen molar-refractivity contribution in [1.29, 1.82) is 0 Å². The lowest BCUT2D eigenvalue weighted by Gasteiger charge is -2.34. The molecule has 0 bridgehead atoms. The Labute approximate surface area is 164 Å². The van der Waals surface area contributed by atoms with E-state index >= 15 is 0 Å². The third-order valence-corrected chi connectivity index (χ3v) is 5.62. The molecular weight excluding hydrogens is 358 g/mol. The summed E-state index contributed by atoms with van der Waals surface area (Å²) in [7, 11) is 0. The fraction of sp³-hybridized carbons (Fsp3) is 0.318. The van der Waals surface area contributed by atoms with Crippen LogP contribution in [0.1, 0.15) is 11.1 Å². The molecule has 0 radical (unpaired) electrons. The van der Waals surface area contributed by atoms with Gasteiger partial charge in [-0.3, -0.25) is 9.69 Å². The van der Waals surface area contributed by atoms with Crippen LogP contribution >= 0.6 is 11.6 Å². The summed E-state index contributed by atoms with van der Waals surface area (Å²) in [6, 6.07) is 16.2. The Kier molecular flexibility index (Phi) is 5.46. The highest BCUT2D eigenvalue weighted by Gasteiger charge is 2.21. The lowest BCUT2D eigenvalue weighted by molar-refractivity contribution is -0.132. The number of rotatable bonds is 5. The Morgan fingerprint density at radius 1 is 1.00 bits per heavy atom. The molecule has 2 heterocycles. The van der Waals surface area contributed by atoms with Crippen LogP contribution in [0.2, 0.25) is 5.02 Å². The molecule has 4 rings (SSSR count). The minimum Gasteiger partial charge on any atom is -0.361 e. The molecule has 27 heavy (non-hydrogen) atoms. The number of nitrogens with one attached hydrogen (secondary N) is 1. The lowest BCUT2D eigenvalue weighted by Crippen LogP contribution is -2.49. The molecule has 0 unspecified atom stereocenters. The van der Waals surface area contributed by atoms with E-state index in [2.05, 4.69) is 28.1 Å². The van der Waals surface area contributed by atoms with Crippen molar-refractivity contribution in [1.82, 2.24) is 14.8 Å². The largest absolute Gasteiger partial charge is 0.361 e. The molecule has 1 fully saturated rings. The summed E-state index contributed by atoms with van der Waals surface area (Å²) < 4.78 is 0. The van der Waals surface area contributed by atoms with Gasteiger partial charge in [-0.05, 0) is 35.7 Å². The minimum atomic E-state index is 0.220. The van der Waals surface area contributed by atoms with Crippen LogP contribution in [0.5, 0.6) is 0 Å². The topological polar surface area (TPSA) is 39.3 Å². The van der Waals surface area contributed by atoms with Crippen LogP contribution in [-0.2, 0) is 17.6 Å². The Morgan fingerprint density at radius 2 is 1.74 bits per heavy atom. The van der Waals surface area contributed by atoms with Gasteiger partial charge in [0.15, 0.2) is 0 Å². The van der Waals surface area contributed by atoms with Gasteiger partial charge < -0.3 is 9.88 Å². The van der Waals surface area contributed by atoms with Crippen LogP contribution in [0.15, 0.2) is 54.7 Å². The van der Waals surface area contributed by atoms with Crippen LogP contribution in [0.3, 0.4) is 0 Å². The first-order valence-corrected chi connectivity index (χ1v) is 9.86. The fourth-order valence-electron chi connectivity index (χ4n) is 3.71. The first-order chi connectivity index (χ1) is 13.2. The average Bonchev–Trinajstić information content (AvgIpc) is 3.11. The average molecular weight is 382 g/mol. The first-order valence-electron chi connectivity index (χ1n) is 9.48. The molecular formula is C22H24ClN3O. The van der Waals surface area contributed by atoms with Crippen molar-refractivity contribution in [3.05, 3.63) is 70.9 Å². The van der Waals surface area contributed by atoms with Crippen LogP contribution in [0, 0.1) is 0 Å². The van der Waals surface area contributed by atoms with E-state index < -0.39 is 0 Å². The molecule has 1 saturated heterocycles. The maximum atomic E-state index is 12.7. The quantitative estimate of drug-likeness (QED) is 0.731. The monoisotopic (exact) mass is 381 g/mol. The van der Waals surface area contributed by atoms with Gasteiger partial charge in [-0.15, -0.1) is 0 Å². The zero-order chi connectivity index (χ0) is 18.6. The van der Waals surface area contributed by atoms with E-state index in [1.807, 2.05) is 41.4 Å². The first kappa shape index (κ1) is 18.1. The number of nitrogens with zero attached hydrogens (tertiary/aromatic N) is 2. The Bertz CT molecular complexity index is 911. The summed E-state index contributed by atoms with van der Waals surface area (Å²) in [6.45, 7) is 4.51. The van der Waals surface area contributed by atoms with Gasteiger partial charge in [-0.2, -0.15) is 0 Å².